The van der Waals surface area contributed by atoms with Gasteiger partial charge in [-0.25, -0.2) is 9.97 Å². The molecule has 0 spiro atoms. The minimum Gasteiger partial charge on any atom is -0.493 e. The van der Waals surface area contributed by atoms with Gasteiger partial charge in [-0.2, -0.15) is 5.26 Å². The van der Waals surface area contributed by atoms with E-state index in [1.54, 1.807) is 30.3 Å². The number of methoxy groups -OCH3 is 2. The van der Waals surface area contributed by atoms with E-state index in [9.17, 15) is 9.00 Å². The van der Waals surface area contributed by atoms with E-state index < -0.39 is 16.7 Å². The molecule has 42 heavy (non-hydrogen) atoms. The summed E-state index contributed by atoms with van der Waals surface area (Å²) in [5.74, 6) is 0.244. The van der Waals surface area contributed by atoms with E-state index in [4.69, 9.17) is 37.9 Å². The van der Waals surface area contributed by atoms with E-state index in [2.05, 4.69) is 20.6 Å². The molecule has 0 fully saturated rings. The maximum absolute atomic E-state index is 13.4. The number of aryl methyl sites for hydroxylation is 3. The number of carbonyl (C=O) groups is 1. The van der Waals surface area contributed by atoms with Gasteiger partial charge >= 0.3 is 0 Å². The number of ether oxygens (including phenoxy) is 2. The maximum atomic E-state index is 13.4. The predicted octanol–water partition coefficient (Wildman–Crippen LogP) is 6.91. The van der Waals surface area contributed by atoms with Crippen LogP contribution in [0.4, 0.5) is 17.2 Å². The summed E-state index contributed by atoms with van der Waals surface area (Å²) in [5.41, 5.74) is 4.92. The molecule has 216 valence electrons. The topological polar surface area (TPSA) is 126 Å². The first kappa shape index (κ1) is 30.8. The van der Waals surface area contributed by atoms with Gasteiger partial charge in [0, 0.05) is 23.2 Å². The number of hydrogen-bond donors (Lipinski definition) is 2. The summed E-state index contributed by atoms with van der Waals surface area (Å²) in [6.07, 6.45) is 2.89. The van der Waals surface area contributed by atoms with Crippen LogP contribution in [0.5, 0.6) is 11.5 Å². The van der Waals surface area contributed by atoms with Crippen molar-refractivity contribution in [1.82, 2.24) is 9.97 Å². The van der Waals surface area contributed by atoms with Crippen LogP contribution in [0.1, 0.15) is 22.3 Å². The summed E-state index contributed by atoms with van der Waals surface area (Å²) < 4.78 is 24.3. The van der Waals surface area contributed by atoms with Crippen LogP contribution in [0.3, 0.4) is 0 Å². The highest BCUT2D eigenvalue weighted by molar-refractivity contribution is 7.85. The molecule has 2 N–H and O–H groups in total. The fourth-order valence-electron chi connectivity index (χ4n) is 4.43. The first-order valence-corrected chi connectivity index (χ1v) is 14.6. The number of amides is 1. The lowest BCUT2D eigenvalue weighted by atomic mass is 10.1. The molecule has 0 aliphatic rings. The molecule has 3 aromatic carbocycles. The Bertz CT molecular complexity index is 1760. The van der Waals surface area contributed by atoms with Crippen LogP contribution in [-0.4, -0.2) is 40.1 Å². The second-order valence-electron chi connectivity index (χ2n) is 9.34. The second-order valence-corrected chi connectivity index (χ2v) is 11.5. The third-order valence-electron chi connectivity index (χ3n) is 6.25. The van der Waals surface area contributed by atoms with E-state index in [0.29, 0.717) is 39.3 Å². The molecule has 4 aromatic rings. The van der Waals surface area contributed by atoms with E-state index in [1.165, 1.54) is 20.3 Å². The summed E-state index contributed by atoms with van der Waals surface area (Å²) in [4.78, 5) is 21.9. The zero-order chi connectivity index (χ0) is 30.6. The highest BCUT2D eigenvalue weighted by Crippen LogP contribution is 2.39. The fraction of sp³-hybridized carbons (Fsp3) is 0.200. The fourth-order valence-corrected chi connectivity index (χ4v) is 5.86. The van der Waals surface area contributed by atoms with Crippen molar-refractivity contribution in [1.29, 1.82) is 5.26 Å². The number of carbonyl (C=O) groups excluding carboxylic acids is 1. The van der Waals surface area contributed by atoms with Gasteiger partial charge in [0.25, 0.3) is 0 Å². The van der Waals surface area contributed by atoms with Crippen LogP contribution < -0.4 is 20.1 Å². The Kier molecular flexibility index (Phi) is 9.68. The number of halogens is 2. The summed E-state index contributed by atoms with van der Waals surface area (Å²) in [7, 11) is 1.07. The largest absolute Gasteiger partial charge is 0.493 e. The lowest BCUT2D eigenvalue weighted by Gasteiger charge is -2.16. The second kappa shape index (κ2) is 13.2. The number of hydrogen-bond acceptors (Lipinski definition) is 8. The number of nitrogens with one attached hydrogen (secondary N) is 2. The molecule has 9 nitrogen and oxygen atoms in total. The van der Waals surface area contributed by atoms with Crippen LogP contribution in [0.25, 0.3) is 17.0 Å². The monoisotopic (exact) mass is 623 g/mol. The quantitative estimate of drug-likeness (QED) is 0.152. The van der Waals surface area contributed by atoms with Gasteiger partial charge in [-0.15, -0.1) is 0 Å². The average Bonchev–Trinajstić information content (AvgIpc) is 2.94. The van der Waals surface area contributed by atoms with E-state index >= 15 is 0 Å². The Labute approximate surface area is 255 Å². The Hall–Kier alpha value is -4.17. The number of anilines is 3. The number of fused-ring (bicyclic) bond motifs is 1. The molecular weight excluding hydrogens is 597 g/mol. The molecule has 1 unspecified atom stereocenters. The number of nitrogens with zero attached hydrogens (tertiary/aromatic N) is 3. The molecule has 0 aliphatic heterocycles. The molecule has 1 amide bonds. The van der Waals surface area contributed by atoms with Gasteiger partial charge < -0.3 is 20.1 Å². The summed E-state index contributed by atoms with van der Waals surface area (Å²) in [6, 6.07) is 12.4. The standard InChI is InChI=1S/C30H27Cl2N5O4S/c1-16-9-17(2)27(18(3)10-16)35-26(38)15-42(39)30-34-23-14-25(41-5)24(40-4)13-20(23)29(37-30)36-28-21(31)11-19(7-6-8-33)12-22(28)32/h6-7,9-14H,15H2,1-5H3,(H,35,38)(H,34,36,37)/b7-6+. The molecule has 0 aliphatic carbocycles. The highest BCUT2D eigenvalue weighted by Gasteiger charge is 2.21. The number of benzene rings is 3. The van der Waals surface area contributed by atoms with Crippen LogP contribution >= 0.6 is 23.2 Å². The molecule has 0 bridgehead atoms. The Morgan fingerprint density at radius 1 is 0.976 bits per heavy atom. The van der Waals surface area contributed by atoms with Crippen molar-refractivity contribution in [2.24, 2.45) is 0 Å². The number of nitriles is 1. The van der Waals surface area contributed by atoms with Crippen molar-refractivity contribution in [3.8, 4) is 17.6 Å². The van der Waals surface area contributed by atoms with Gasteiger partial charge in [0.1, 0.15) is 22.4 Å². The predicted molar refractivity (Wildman–Crippen MR) is 168 cm³/mol. The van der Waals surface area contributed by atoms with E-state index in [1.807, 2.05) is 39.0 Å². The summed E-state index contributed by atoms with van der Waals surface area (Å²) in [6.45, 7) is 5.79. The number of rotatable bonds is 9. The summed E-state index contributed by atoms with van der Waals surface area (Å²) in [5, 5.41) is 15.8. The van der Waals surface area contributed by atoms with Gasteiger partial charge in [0.05, 0.1) is 41.5 Å². The highest BCUT2D eigenvalue weighted by atomic mass is 35.5. The third-order valence-corrected chi connectivity index (χ3v) is 7.96. The lowest BCUT2D eigenvalue weighted by Crippen LogP contribution is -2.22. The van der Waals surface area contributed by atoms with E-state index in [-0.39, 0.29) is 26.8 Å². The maximum Gasteiger partial charge on any atom is 0.237 e. The van der Waals surface area contributed by atoms with Gasteiger partial charge in [-0.1, -0.05) is 40.9 Å². The Morgan fingerprint density at radius 2 is 1.60 bits per heavy atom. The first-order valence-electron chi connectivity index (χ1n) is 12.6. The molecule has 0 radical (unpaired) electrons. The first-order chi connectivity index (χ1) is 20.0. The molecule has 1 atom stereocenters. The zero-order valence-corrected chi connectivity index (χ0v) is 25.8. The summed E-state index contributed by atoms with van der Waals surface area (Å²) >= 11 is 13.1. The minimum absolute atomic E-state index is 0.0782. The SMILES string of the molecule is COc1cc2nc(S(=O)CC(=O)Nc3c(C)cc(C)cc3C)nc(Nc3c(Cl)cc(/C=C/C#N)cc3Cl)c2cc1OC. The van der Waals surface area contributed by atoms with Crippen LogP contribution in [0.2, 0.25) is 10.0 Å². The zero-order valence-electron chi connectivity index (χ0n) is 23.5. The minimum atomic E-state index is -1.92. The molecular formula is C30H27Cl2N5O4S. The molecule has 0 saturated carbocycles. The lowest BCUT2D eigenvalue weighted by molar-refractivity contribution is -0.113. The Balaban J connectivity index is 1.74. The van der Waals surface area contributed by atoms with Crippen molar-refractivity contribution >= 4 is 74.1 Å². The van der Waals surface area contributed by atoms with Crippen molar-refractivity contribution in [2.75, 3.05) is 30.6 Å². The van der Waals surface area contributed by atoms with Crippen molar-refractivity contribution < 1.29 is 18.5 Å². The molecule has 1 aromatic heterocycles. The molecule has 1 heterocycles. The van der Waals surface area contributed by atoms with Crippen LogP contribution in [-0.2, 0) is 15.6 Å². The van der Waals surface area contributed by atoms with Crippen LogP contribution in [0, 0.1) is 32.1 Å². The van der Waals surface area contributed by atoms with Crippen molar-refractivity contribution in [3.63, 3.8) is 0 Å². The van der Waals surface area contributed by atoms with Gasteiger partial charge in [-0.3, -0.25) is 9.00 Å². The number of allylic oxidation sites excluding steroid dienone is 1. The van der Waals surface area contributed by atoms with E-state index in [0.717, 1.165) is 16.7 Å². The van der Waals surface area contributed by atoms with Gasteiger partial charge in [0.2, 0.25) is 11.1 Å². The molecule has 4 rings (SSSR count). The molecule has 12 heteroatoms. The average molecular weight is 625 g/mol. The van der Waals surface area contributed by atoms with Crippen molar-refractivity contribution in [2.45, 2.75) is 25.9 Å². The molecule has 0 saturated heterocycles. The van der Waals surface area contributed by atoms with Crippen LogP contribution in [0.15, 0.2) is 47.6 Å². The smallest absolute Gasteiger partial charge is 0.237 e. The number of aromatic nitrogens is 2. The van der Waals surface area contributed by atoms with Crippen molar-refractivity contribution in [3.05, 3.63) is 74.8 Å². The Morgan fingerprint density at radius 3 is 2.19 bits per heavy atom. The van der Waals surface area contributed by atoms with Gasteiger partial charge in [0.15, 0.2) is 11.5 Å². The van der Waals surface area contributed by atoms with Gasteiger partial charge in [-0.05, 0) is 61.7 Å². The third kappa shape index (κ3) is 6.82. The normalized spacial score (nSPS) is 11.8.